The van der Waals surface area contributed by atoms with Gasteiger partial charge in [-0.1, -0.05) is 11.2 Å². The van der Waals surface area contributed by atoms with E-state index in [4.69, 9.17) is 0 Å². The van der Waals surface area contributed by atoms with Crippen LogP contribution < -0.4 is 0 Å². The molecule has 0 spiro atoms. The second kappa shape index (κ2) is 5.78. The van der Waals surface area contributed by atoms with Crippen LogP contribution >= 0.6 is 0 Å². The molecule has 0 aromatic heterocycles. The standard InChI is InChI=1S/C18H23N3O2/c22-19-7-5-18-6-8-21(12-13-1-2-13)16(11-18)9-14-3-4-15(20-23)10-17(14)18/h3-4,10,13,16H,1-2,5-9,11-12H2. The molecule has 2 atom stereocenters. The molecule has 122 valence electrons. The van der Waals surface area contributed by atoms with E-state index in [9.17, 15) is 9.81 Å². The van der Waals surface area contributed by atoms with Crippen LogP contribution in [-0.2, 0) is 11.8 Å². The lowest BCUT2D eigenvalue weighted by atomic mass is 9.62. The van der Waals surface area contributed by atoms with Crippen LogP contribution in [0.1, 0.15) is 43.2 Å². The Labute approximate surface area is 136 Å². The molecule has 1 aromatic rings. The minimum Gasteiger partial charge on any atom is -0.300 e. The van der Waals surface area contributed by atoms with E-state index in [1.165, 1.54) is 30.5 Å². The number of piperidine rings is 1. The van der Waals surface area contributed by atoms with E-state index in [0.29, 0.717) is 18.3 Å². The predicted molar refractivity (Wildman–Crippen MR) is 89.9 cm³/mol. The van der Waals surface area contributed by atoms with Gasteiger partial charge < -0.3 is 0 Å². The summed E-state index contributed by atoms with van der Waals surface area (Å²) in [7, 11) is 0. The maximum atomic E-state index is 10.9. The third kappa shape index (κ3) is 2.71. The molecular formula is C18H23N3O2. The average molecular weight is 313 g/mol. The first-order valence-corrected chi connectivity index (χ1v) is 8.74. The number of rotatable bonds is 6. The van der Waals surface area contributed by atoms with Crippen LogP contribution in [0.4, 0.5) is 5.69 Å². The van der Waals surface area contributed by atoms with Gasteiger partial charge in [-0.2, -0.15) is 4.91 Å². The van der Waals surface area contributed by atoms with Gasteiger partial charge in [0.2, 0.25) is 0 Å². The van der Waals surface area contributed by atoms with Gasteiger partial charge in [0.25, 0.3) is 0 Å². The normalized spacial score (nSPS) is 29.8. The summed E-state index contributed by atoms with van der Waals surface area (Å²) in [5, 5.41) is 6.23. The molecule has 1 saturated carbocycles. The van der Waals surface area contributed by atoms with Gasteiger partial charge in [0.15, 0.2) is 0 Å². The second-order valence-electron chi connectivity index (χ2n) is 7.57. The first kappa shape index (κ1) is 14.9. The lowest BCUT2D eigenvalue weighted by Crippen LogP contribution is -2.53. The van der Waals surface area contributed by atoms with Crippen LogP contribution in [-0.4, -0.2) is 30.6 Å². The average Bonchev–Trinajstić information content (AvgIpc) is 3.40. The van der Waals surface area contributed by atoms with Crippen molar-refractivity contribution in [2.24, 2.45) is 16.3 Å². The van der Waals surface area contributed by atoms with Crippen LogP contribution in [0.3, 0.4) is 0 Å². The monoisotopic (exact) mass is 313 g/mol. The van der Waals surface area contributed by atoms with Gasteiger partial charge in [-0.05, 0) is 79.4 Å². The van der Waals surface area contributed by atoms with Crippen molar-refractivity contribution < 1.29 is 0 Å². The van der Waals surface area contributed by atoms with E-state index >= 15 is 0 Å². The summed E-state index contributed by atoms with van der Waals surface area (Å²) >= 11 is 0. The van der Waals surface area contributed by atoms with Gasteiger partial charge in [-0.15, -0.1) is 4.91 Å². The zero-order valence-electron chi connectivity index (χ0n) is 13.4. The summed E-state index contributed by atoms with van der Waals surface area (Å²) in [5.41, 5.74) is 3.09. The Morgan fingerprint density at radius 3 is 2.87 bits per heavy atom. The fraction of sp³-hybridized carbons (Fsp3) is 0.667. The molecule has 2 aliphatic carbocycles. The van der Waals surface area contributed by atoms with Gasteiger partial charge in [-0.25, -0.2) is 0 Å². The Bertz CT molecular complexity index is 629. The molecule has 0 radical (unpaired) electrons. The zero-order valence-corrected chi connectivity index (χ0v) is 13.4. The highest BCUT2D eigenvalue weighted by molar-refractivity contribution is 5.49. The minimum atomic E-state index is 0.00686. The first-order valence-electron chi connectivity index (χ1n) is 8.74. The van der Waals surface area contributed by atoms with Crippen LogP contribution in [0, 0.1) is 15.7 Å². The molecule has 2 bridgehead atoms. The first-order chi connectivity index (χ1) is 11.2. The number of nitroso groups, excluding NO2 is 2. The van der Waals surface area contributed by atoms with Crippen molar-refractivity contribution in [3.63, 3.8) is 0 Å². The van der Waals surface area contributed by atoms with Crippen molar-refractivity contribution in [1.29, 1.82) is 0 Å². The van der Waals surface area contributed by atoms with Crippen molar-refractivity contribution >= 4 is 5.69 Å². The number of hydrogen-bond donors (Lipinski definition) is 0. The highest BCUT2D eigenvalue weighted by atomic mass is 16.3. The van der Waals surface area contributed by atoms with E-state index in [2.05, 4.69) is 21.3 Å². The van der Waals surface area contributed by atoms with Crippen LogP contribution in [0.2, 0.25) is 0 Å². The quantitative estimate of drug-likeness (QED) is 0.748. The Balaban J connectivity index is 1.68. The number of benzene rings is 1. The Kier molecular flexibility index (Phi) is 3.76. The Morgan fingerprint density at radius 2 is 2.13 bits per heavy atom. The molecule has 1 saturated heterocycles. The zero-order chi connectivity index (χ0) is 15.9. The van der Waals surface area contributed by atoms with Crippen LogP contribution in [0.25, 0.3) is 0 Å². The molecule has 2 fully saturated rings. The maximum absolute atomic E-state index is 10.9. The number of hydrogen-bond acceptors (Lipinski definition) is 5. The lowest BCUT2D eigenvalue weighted by molar-refractivity contribution is 0.0722. The largest absolute Gasteiger partial charge is 0.300 e. The second-order valence-corrected chi connectivity index (χ2v) is 7.57. The van der Waals surface area contributed by atoms with E-state index in [0.717, 1.165) is 38.1 Å². The minimum absolute atomic E-state index is 0.00686. The topological polar surface area (TPSA) is 62.1 Å². The summed E-state index contributed by atoms with van der Waals surface area (Å²) in [6, 6.07) is 6.42. The third-order valence-corrected chi connectivity index (χ3v) is 6.12. The summed E-state index contributed by atoms with van der Waals surface area (Å²) < 4.78 is 0. The Morgan fingerprint density at radius 1 is 1.26 bits per heavy atom. The van der Waals surface area contributed by atoms with E-state index < -0.39 is 0 Å². The SMILES string of the molecule is O=NCCC12CCN(CC3CC3)C(Cc3ccc(N=O)cc31)C2. The molecule has 0 amide bonds. The summed E-state index contributed by atoms with van der Waals surface area (Å²) in [6.07, 6.45) is 6.76. The maximum Gasteiger partial charge on any atom is 0.108 e. The fourth-order valence-corrected chi connectivity index (χ4v) is 4.71. The van der Waals surface area contributed by atoms with Gasteiger partial charge in [-0.3, -0.25) is 4.90 Å². The van der Waals surface area contributed by atoms with Gasteiger partial charge in [0.05, 0.1) is 6.54 Å². The molecule has 0 N–H and O–H groups in total. The Hall–Kier alpha value is -1.62. The summed E-state index contributed by atoms with van der Waals surface area (Å²) in [4.78, 5) is 24.3. The highest BCUT2D eigenvalue weighted by Crippen LogP contribution is 2.48. The molecule has 4 rings (SSSR count). The molecule has 23 heavy (non-hydrogen) atoms. The van der Waals surface area contributed by atoms with E-state index in [1.807, 2.05) is 12.1 Å². The van der Waals surface area contributed by atoms with Gasteiger partial charge in [0.1, 0.15) is 5.69 Å². The third-order valence-electron chi connectivity index (χ3n) is 6.12. The van der Waals surface area contributed by atoms with Gasteiger partial charge in [0, 0.05) is 18.0 Å². The van der Waals surface area contributed by atoms with Crippen molar-refractivity contribution in [2.45, 2.75) is 50.0 Å². The molecular weight excluding hydrogens is 290 g/mol. The summed E-state index contributed by atoms with van der Waals surface area (Å²) in [6.45, 7) is 2.68. The van der Waals surface area contributed by atoms with Crippen molar-refractivity contribution in [2.75, 3.05) is 19.6 Å². The van der Waals surface area contributed by atoms with Gasteiger partial charge >= 0.3 is 0 Å². The highest BCUT2D eigenvalue weighted by Gasteiger charge is 2.46. The predicted octanol–water partition coefficient (Wildman–Crippen LogP) is 3.91. The number of likely N-dealkylation sites (tertiary alicyclic amines) is 1. The molecule has 5 heteroatoms. The molecule has 1 aromatic carbocycles. The summed E-state index contributed by atoms with van der Waals surface area (Å²) in [5.74, 6) is 0.905. The molecule has 3 aliphatic rings. The van der Waals surface area contributed by atoms with Crippen molar-refractivity contribution in [3.8, 4) is 0 Å². The molecule has 2 unspecified atom stereocenters. The smallest absolute Gasteiger partial charge is 0.108 e. The number of fused-ring (bicyclic) bond motifs is 4. The van der Waals surface area contributed by atoms with Crippen molar-refractivity contribution in [3.05, 3.63) is 39.1 Å². The van der Waals surface area contributed by atoms with E-state index in [1.54, 1.807) is 0 Å². The molecule has 1 aliphatic heterocycles. The van der Waals surface area contributed by atoms with Crippen LogP contribution in [0.5, 0.6) is 0 Å². The van der Waals surface area contributed by atoms with E-state index in [-0.39, 0.29) is 5.41 Å². The van der Waals surface area contributed by atoms with Crippen molar-refractivity contribution in [1.82, 2.24) is 4.90 Å². The molecule has 1 heterocycles. The van der Waals surface area contributed by atoms with Crippen LogP contribution in [0.15, 0.2) is 28.6 Å². The number of nitrogens with zero attached hydrogens (tertiary/aromatic N) is 3. The fourth-order valence-electron chi connectivity index (χ4n) is 4.71. The lowest BCUT2D eigenvalue weighted by Gasteiger charge is -2.51. The molecule has 5 nitrogen and oxygen atoms in total.